The van der Waals surface area contributed by atoms with Gasteiger partial charge in [-0.25, -0.2) is 4.39 Å². The number of hydrogen-bond donors (Lipinski definition) is 0. The Hall–Kier alpha value is 0.170. The van der Waals surface area contributed by atoms with Gasteiger partial charge in [0.05, 0.1) is 8.59 Å². The van der Waals surface area contributed by atoms with E-state index in [1.54, 1.807) is 6.07 Å². The van der Waals surface area contributed by atoms with E-state index in [4.69, 9.17) is 11.6 Å². The standard InChI is InChI=1S/C11H11ClFI/c12-9-5-8(6-10(13)11(9)14)7-3-1-2-4-7/h5-7H,1-4H2. The molecule has 14 heavy (non-hydrogen) atoms. The van der Waals surface area contributed by atoms with Gasteiger partial charge < -0.3 is 0 Å². The Labute approximate surface area is 102 Å². The summed E-state index contributed by atoms with van der Waals surface area (Å²) in [5.74, 6) is 0.346. The van der Waals surface area contributed by atoms with Crippen molar-refractivity contribution in [2.45, 2.75) is 31.6 Å². The van der Waals surface area contributed by atoms with Gasteiger partial charge in [0.1, 0.15) is 5.82 Å². The molecule has 0 nitrogen and oxygen atoms in total. The summed E-state index contributed by atoms with van der Waals surface area (Å²) in [4.78, 5) is 0. The Kier molecular flexibility index (Phi) is 3.32. The molecule has 0 N–H and O–H groups in total. The molecule has 0 spiro atoms. The summed E-state index contributed by atoms with van der Waals surface area (Å²) in [5, 5.41) is 0.549. The maximum absolute atomic E-state index is 13.4. The van der Waals surface area contributed by atoms with Gasteiger partial charge in [0.25, 0.3) is 0 Å². The van der Waals surface area contributed by atoms with Crippen LogP contribution >= 0.6 is 34.2 Å². The summed E-state index contributed by atoms with van der Waals surface area (Å²) in [5.41, 5.74) is 1.07. The maximum atomic E-state index is 13.4. The molecule has 0 radical (unpaired) electrons. The SMILES string of the molecule is Fc1cc(C2CCCC2)cc(Cl)c1I. The second kappa shape index (κ2) is 4.35. The molecule has 1 saturated carbocycles. The summed E-state index contributed by atoms with van der Waals surface area (Å²) >= 11 is 7.89. The molecule has 0 saturated heterocycles. The van der Waals surface area contributed by atoms with Crippen molar-refractivity contribution in [1.82, 2.24) is 0 Å². The van der Waals surface area contributed by atoms with Gasteiger partial charge in [0.2, 0.25) is 0 Å². The topological polar surface area (TPSA) is 0 Å². The van der Waals surface area contributed by atoms with Crippen molar-refractivity contribution in [2.24, 2.45) is 0 Å². The Morgan fingerprint density at radius 1 is 1.29 bits per heavy atom. The van der Waals surface area contributed by atoms with Crippen LogP contribution in [0.2, 0.25) is 5.02 Å². The van der Waals surface area contributed by atoms with Gasteiger partial charge in [-0.1, -0.05) is 24.4 Å². The van der Waals surface area contributed by atoms with Crippen LogP contribution in [-0.4, -0.2) is 0 Å². The zero-order valence-electron chi connectivity index (χ0n) is 7.69. The number of rotatable bonds is 1. The molecule has 1 aromatic rings. The van der Waals surface area contributed by atoms with E-state index < -0.39 is 0 Å². The van der Waals surface area contributed by atoms with Crippen LogP contribution in [0.1, 0.15) is 37.2 Å². The fourth-order valence-corrected chi connectivity index (χ4v) is 2.60. The molecule has 0 aliphatic heterocycles. The molecular formula is C11H11ClFI. The molecule has 0 unspecified atom stereocenters. The highest BCUT2D eigenvalue weighted by atomic mass is 127. The molecule has 1 aliphatic rings. The highest BCUT2D eigenvalue weighted by Crippen LogP contribution is 2.36. The van der Waals surface area contributed by atoms with E-state index in [2.05, 4.69) is 0 Å². The Morgan fingerprint density at radius 3 is 2.50 bits per heavy atom. The second-order valence-electron chi connectivity index (χ2n) is 3.78. The van der Waals surface area contributed by atoms with Crippen LogP contribution < -0.4 is 0 Å². The predicted octanol–water partition coefficient (Wildman–Crippen LogP) is 4.74. The van der Waals surface area contributed by atoms with Crippen LogP contribution in [0.5, 0.6) is 0 Å². The molecule has 0 aromatic heterocycles. The monoisotopic (exact) mass is 324 g/mol. The Morgan fingerprint density at radius 2 is 1.93 bits per heavy atom. The first-order valence-electron chi connectivity index (χ1n) is 4.83. The van der Waals surface area contributed by atoms with Gasteiger partial charge in [0.15, 0.2) is 0 Å². The molecule has 0 atom stereocenters. The number of hydrogen-bond acceptors (Lipinski definition) is 0. The minimum absolute atomic E-state index is 0.181. The minimum Gasteiger partial charge on any atom is -0.206 e. The second-order valence-corrected chi connectivity index (χ2v) is 5.27. The van der Waals surface area contributed by atoms with Gasteiger partial charge in [0, 0.05) is 0 Å². The molecule has 2 rings (SSSR count). The zero-order chi connectivity index (χ0) is 10.1. The molecular weight excluding hydrogens is 313 g/mol. The van der Waals surface area contributed by atoms with Crippen LogP contribution in [-0.2, 0) is 0 Å². The van der Waals surface area contributed by atoms with Crippen LogP contribution in [0.25, 0.3) is 0 Å². The Balaban J connectivity index is 2.34. The lowest BCUT2D eigenvalue weighted by Crippen LogP contribution is -1.95. The molecule has 0 amide bonds. The molecule has 1 aromatic carbocycles. The van der Waals surface area contributed by atoms with E-state index in [1.165, 1.54) is 25.7 Å². The summed E-state index contributed by atoms with van der Waals surface area (Å²) in [6, 6.07) is 3.56. The van der Waals surface area contributed by atoms with Gasteiger partial charge in [-0.3, -0.25) is 0 Å². The number of halogens is 3. The van der Waals surface area contributed by atoms with E-state index in [9.17, 15) is 4.39 Å². The molecule has 0 heterocycles. The summed E-state index contributed by atoms with van der Waals surface area (Å²) in [6.07, 6.45) is 4.87. The highest BCUT2D eigenvalue weighted by molar-refractivity contribution is 14.1. The third kappa shape index (κ3) is 2.06. The third-order valence-corrected chi connectivity index (χ3v) is 4.55. The average molecular weight is 325 g/mol. The first-order valence-corrected chi connectivity index (χ1v) is 6.28. The lowest BCUT2D eigenvalue weighted by atomic mass is 9.98. The molecule has 1 fully saturated rings. The largest absolute Gasteiger partial charge is 0.206 e. The normalized spacial score (nSPS) is 17.6. The van der Waals surface area contributed by atoms with Gasteiger partial charge >= 0.3 is 0 Å². The van der Waals surface area contributed by atoms with Crippen molar-refractivity contribution in [3.63, 3.8) is 0 Å². The summed E-state index contributed by atoms with van der Waals surface area (Å²) in [7, 11) is 0. The zero-order valence-corrected chi connectivity index (χ0v) is 10.6. The lowest BCUT2D eigenvalue weighted by Gasteiger charge is -2.10. The first-order chi connectivity index (χ1) is 6.68. The Bertz CT molecular complexity index is 322. The van der Waals surface area contributed by atoms with Crippen LogP contribution in [0.15, 0.2) is 12.1 Å². The van der Waals surface area contributed by atoms with Gasteiger partial charge in [-0.2, -0.15) is 0 Å². The molecule has 76 valence electrons. The van der Waals surface area contributed by atoms with Crippen LogP contribution in [0.3, 0.4) is 0 Å². The quantitative estimate of drug-likeness (QED) is 0.517. The van der Waals surface area contributed by atoms with E-state index in [-0.39, 0.29) is 5.82 Å². The van der Waals surface area contributed by atoms with Crippen molar-refractivity contribution in [1.29, 1.82) is 0 Å². The minimum atomic E-state index is -0.181. The average Bonchev–Trinajstić information content (AvgIpc) is 2.66. The van der Waals surface area contributed by atoms with Crippen molar-refractivity contribution in [2.75, 3.05) is 0 Å². The van der Waals surface area contributed by atoms with E-state index in [0.29, 0.717) is 14.5 Å². The summed E-state index contributed by atoms with van der Waals surface area (Å²) < 4.78 is 13.9. The fraction of sp³-hybridized carbons (Fsp3) is 0.455. The third-order valence-electron chi connectivity index (χ3n) is 2.83. The predicted molar refractivity (Wildman–Crippen MR) is 65.3 cm³/mol. The van der Waals surface area contributed by atoms with Crippen molar-refractivity contribution >= 4 is 34.2 Å². The van der Waals surface area contributed by atoms with Gasteiger partial charge in [-0.15, -0.1) is 0 Å². The summed E-state index contributed by atoms with van der Waals surface area (Å²) in [6.45, 7) is 0. The first kappa shape index (κ1) is 10.7. The van der Waals surface area contributed by atoms with Crippen LogP contribution in [0, 0.1) is 9.39 Å². The van der Waals surface area contributed by atoms with E-state index in [0.717, 1.165) is 5.56 Å². The van der Waals surface area contributed by atoms with Crippen molar-refractivity contribution in [3.8, 4) is 0 Å². The van der Waals surface area contributed by atoms with Crippen molar-refractivity contribution < 1.29 is 4.39 Å². The fourth-order valence-electron chi connectivity index (χ4n) is 2.07. The lowest BCUT2D eigenvalue weighted by molar-refractivity contribution is 0.611. The number of benzene rings is 1. The smallest absolute Gasteiger partial charge is 0.138 e. The highest BCUT2D eigenvalue weighted by Gasteiger charge is 2.19. The van der Waals surface area contributed by atoms with E-state index in [1.807, 2.05) is 28.7 Å². The van der Waals surface area contributed by atoms with E-state index >= 15 is 0 Å². The molecule has 1 aliphatic carbocycles. The maximum Gasteiger partial charge on any atom is 0.138 e. The van der Waals surface area contributed by atoms with Crippen molar-refractivity contribution in [3.05, 3.63) is 32.1 Å². The van der Waals surface area contributed by atoms with Crippen LogP contribution in [0.4, 0.5) is 4.39 Å². The molecule has 0 bridgehead atoms. The van der Waals surface area contributed by atoms with Gasteiger partial charge in [-0.05, 0) is 59.0 Å². The molecule has 3 heteroatoms.